The second-order valence-electron chi connectivity index (χ2n) is 6.52. The van der Waals surface area contributed by atoms with Crippen molar-refractivity contribution in [2.45, 2.75) is 32.4 Å². The van der Waals surface area contributed by atoms with Crippen molar-refractivity contribution in [2.75, 3.05) is 13.7 Å². The molecule has 0 unspecified atom stereocenters. The van der Waals surface area contributed by atoms with E-state index >= 15 is 0 Å². The SMILES string of the molecule is CO[C@@H]1C[C@@H](c2ncn[nH]2)N(C(=O)c2coc3cc(C)c(C)cc23)C1. The molecule has 25 heavy (non-hydrogen) atoms. The number of aryl methyl sites for hydroxylation is 2. The van der Waals surface area contributed by atoms with Gasteiger partial charge in [-0.05, 0) is 37.1 Å². The molecule has 1 saturated heterocycles. The summed E-state index contributed by atoms with van der Waals surface area (Å²) in [5.74, 6) is 0.593. The first-order chi connectivity index (χ1) is 12.1. The molecule has 0 spiro atoms. The van der Waals surface area contributed by atoms with Gasteiger partial charge in [-0.1, -0.05) is 0 Å². The molecule has 7 heteroatoms. The van der Waals surface area contributed by atoms with Crippen LogP contribution in [-0.4, -0.2) is 45.7 Å². The number of hydrogen-bond acceptors (Lipinski definition) is 5. The fourth-order valence-corrected chi connectivity index (χ4v) is 3.43. The summed E-state index contributed by atoms with van der Waals surface area (Å²) in [4.78, 5) is 19.2. The van der Waals surface area contributed by atoms with Crippen LogP contribution >= 0.6 is 0 Å². The lowest BCUT2D eigenvalue weighted by Gasteiger charge is -2.22. The number of nitrogens with one attached hydrogen (secondary N) is 1. The van der Waals surface area contributed by atoms with Crippen molar-refractivity contribution in [3.8, 4) is 0 Å². The van der Waals surface area contributed by atoms with Crippen LogP contribution in [-0.2, 0) is 4.74 Å². The highest BCUT2D eigenvalue weighted by atomic mass is 16.5. The third kappa shape index (κ3) is 2.60. The number of rotatable bonds is 3. The summed E-state index contributed by atoms with van der Waals surface area (Å²) >= 11 is 0. The summed E-state index contributed by atoms with van der Waals surface area (Å²) in [5.41, 5.74) is 3.57. The third-order valence-corrected chi connectivity index (χ3v) is 5.03. The Bertz CT molecular complexity index is 916. The van der Waals surface area contributed by atoms with E-state index in [1.165, 1.54) is 6.33 Å². The highest BCUT2D eigenvalue weighted by Gasteiger charge is 2.39. The van der Waals surface area contributed by atoms with Gasteiger partial charge in [0.25, 0.3) is 5.91 Å². The molecule has 1 aromatic carbocycles. The van der Waals surface area contributed by atoms with Crippen LogP contribution in [0.5, 0.6) is 0 Å². The number of aromatic nitrogens is 3. The van der Waals surface area contributed by atoms with Gasteiger partial charge >= 0.3 is 0 Å². The first kappa shape index (κ1) is 15.8. The maximum atomic E-state index is 13.2. The Morgan fingerprint density at radius 1 is 1.36 bits per heavy atom. The van der Waals surface area contributed by atoms with Crippen LogP contribution in [0.1, 0.15) is 39.8 Å². The Kier molecular flexibility index (Phi) is 3.80. The van der Waals surface area contributed by atoms with Crippen LogP contribution in [0.25, 0.3) is 11.0 Å². The fraction of sp³-hybridized carbons (Fsp3) is 0.389. The number of fused-ring (bicyclic) bond motifs is 1. The van der Waals surface area contributed by atoms with Crippen LogP contribution in [0.15, 0.2) is 29.1 Å². The predicted octanol–water partition coefficient (Wildman–Crippen LogP) is 2.77. The number of likely N-dealkylation sites (tertiary alicyclic amines) is 1. The zero-order valence-corrected chi connectivity index (χ0v) is 14.4. The Labute approximate surface area is 145 Å². The van der Waals surface area contributed by atoms with Gasteiger partial charge < -0.3 is 14.1 Å². The Morgan fingerprint density at radius 2 is 2.16 bits per heavy atom. The van der Waals surface area contributed by atoms with E-state index in [4.69, 9.17) is 9.15 Å². The van der Waals surface area contributed by atoms with Gasteiger partial charge in [0.2, 0.25) is 0 Å². The van der Waals surface area contributed by atoms with E-state index in [1.54, 1.807) is 18.3 Å². The fourth-order valence-electron chi connectivity index (χ4n) is 3.43. The second-order valence-corrected chi connectivity index (χ2v) is 6.52. The minimum Gasteiger partial charge on any atom is -0.463 e. The molecule has 1 amide bonds. The molecule has 0 radical (unpaired) electrons. The smallest absolute Gasteiger partial charge is 0.258 e. The number of benzene rings is 1. The van der Waals surface area contributed by atoms with Gasteiger partial charge in [0.15, 0.2) is 0 Å². The van der Waals surface area contributed by atoms with Crippen LogP contribution < -0.4 is 0 Å². The lowest BCUT2D eigenvalue weighted by atomic mass is 10.0. The van der Waals surface area contributed by atoms with Crippen molar-refractivity contribution in [3.63, 3.8) is 0 Å². The van der Waals surface area contributed by atoms with Gasteiger partial charge in [0.05, 0.1) is 17.7 Å². The Morgan fingerprint density at radius 3 is 2.88 bits per heavy atom. The number of H-pyrrole nitrogens is 1. The van der Waals surface area contributed by atoms with Crippen molar-refractivity contribution in [2.24, 2.45) is 0 Å². The largest absolute Gasteiger partial charge is 0.463 e. The average Bonchev–Trinajstić information content (AvgIpc) is 3.33. The molecule has 0 saturated carbocycles. The van der Waals surface area contributed by atoms with Crippen LogP contribution in [0.3, 0.4) is 0 Å². The first-order valence-electron chi connectivity index (χ1n) is 8.26. The number of carbonyl (C=O) groups excluding carboxylic acids is 1. The van der Waals surface area contributed by atoms with Crippen LogP contribution in [0.2, 0.25) is 0 Å². The zero-order chi connectivity index (χ0) is 17.6. The molecule has 2 atom stereocenters. The minimum atomic E-state index is -0.184. The van der Waals surface area contributed by atoms with Crippen molar-refractivity contribution < 1.29 is 13.9 Å². The van der Waals surface area contributed by atoms with Crippen molar-refractivity contribution >= 4 is 16.9 Å². The van der Waals surface area contributed by atoms with E-state index in [1.807, 2.05) is 26.0 Å². The quantitative estimate of drug-likeness (QED) is 0.792. The number of furan rings is 1. The molecule has 0 aliphatic carbocycles. The van der Waals surface area contributed by atoms with E-state index in [0.717, 1.165) is 22.1 Å². The summed E-state index contributed by atoms with van der Waals surface area (Å²) in [5, 5.41) is 7.62. The van der Waals surface area contributed by atoms with E-state index in [9.17, 15) is 4.79 Å². The van der Waals surface area contributed by atoms with Crippen molar-refractivity contribution in [3.05, 3.63) is 47.2 Å². The van der Waals surface area contributed by atoms with E-state index < -0.39 is 0 Å². The molecule has 2 aromatic heterocycles. The summed E-state index contributed by atoms with van der Waals surface area (Å²) in [6.45, 7) is 4.57. The summed E-state index contributed by atoms with van der Waals surface area (Å²) in [7, 11) is 1.66. The highest BCUT2D eigenvalue weighted by Crippen LogP contribution is 2.34. The highest BCUT2D eigenvalue weighted by molar-refractivity contribution is 6.06. The van der Waals surface area contributed by atoms with Gasteiger partial charge in [-0.3, -0.25) is 9.89 Å². The zero-order valence-electron chi connectivity index (χ0n) is 14.4. The predicted molar refractivity (Wildman–Crippen MR) is 91.3 cm³/mol. The number of hydrogen-bond donors (Lipinski definition) is 1. The number of methoxy groups -OCH3 is 1. The molecular weight excluding hydrogens is 320 g/mol. The number of carbonyl (C=O) groups is 1. The number of amides is 1. The summed E-state index contributed by atoms with van der Waals surface area (Å²) < 4.78 is 11.1. The molecule has 1 N–H and O–H groups in total. The number of ether oxygens (including phenoxy) is 1. The molecule has 1 fully saturated rings. The van der Waals surface area contributed by atoms with E-state index in [0.29, 0.717) is 24.4 Å². The molecule has 7 nitrogen and oxygen atoms in total. The van der Waals surface area contributed by atoms with Gasteiger partial charge in [-0.2, -0.15) is 5.10 Å². The third-order valence-electron chi connectivity index (χ3n) is 5.03. The topological polar surface area (TPSA) is 84.3 Å². The first-order valence-corrected chi connectivity index (χ1v) is 8.26. The van der Waals surface area contributed by atoms with Crippen molar-refractivity contribution in [1.29, 1.82) is 0 Å². The van der Waals surface area contributed by atoms with Gasteiger partial charge in [-0.25, -0.2) is 4.98 Å². The standard InChI is InChI=1S/C18H20N4O3/c1-10-4-13-14(8-25-16(13)5-11(10)2)18(23)22-7-12(24-3)6-15(22)17-19-9-20-21-17/h4-5,8-9,12,15H,6-7H2,1-3H3,(H,19,20,21)/t12-,15+/m1/s1. The van der Waals surface area contributed by atoms with Crippen molar-refractivity contribution in [1.82, 2.24) is 20.1 Å². The summed E-state index contributed by atoms with van der Waals surface area (Å²) in [6, 6.07) is 3.79. The molecule has 1 aliphatic rings. The Hall–Kier alpha value is -2.67. The normalized spacial score (nSPS) is 20.5. The number of nitrogens with zero attached hydrogens (tertiary/aromatic N) is 3. The molecular formula is C18H20N4O3. The molecule has 130 valence electrons. The lowest BCUT2D eigenvalue weighted by Crippen LogP contribution is -2.32. The Balaban J connectivity index is 1.73. The van der Waals surface area contributed by atoms with E-state index in [2.05, 4.69) is 15.2 Å². The van der Waals surface area contributed by atoms with Gasteiger partial charge in [0.1, 0.15) is 24.0 Å². The molecule has 1 aliphatic heterocycles. The average molecular weight is 340 g/mol. The van der Waals surface area contributed by atoms with Gasteiger partial charge in [0, 0.05) is 25.5 Å². The maximum absolute atomic E-state index is 13.2. The monoisotopic (exact) mass is 340 g/mol. The molecule has 0 bridgehead atoms. The van der Waals surface area contributed by atoms with E-state index in [-0.39, 0.29) is 18.1 Å². The lowest BCUT2D eigenvalue weighted by molar-refractivity contribution is 0.0685. The molecule has 3 heterocycles. The summed E-state index contributed by atoms with van der Waals surface area (Å²) in [6.07, 6.45) is 3.66. The van der Waals surface area contributed by atoms with Crippen LogP contribution in [0.4, 0.5) is 0 Å². The van der Waals surface area contributed by atoms with Gasteiger partial charge in [-0.15, -0.1) is 0 Å². The molecule has 3 aromatic rings. The minimum absolute atomic E-state index is 0.0267. The maximum Gasteiger partial charge on any atom is 0.258 e. The second kappa shape index (κ2) is 6.00. The number of aromatic amines is 1. The van der Waals surface area contributed by atoms with Crippen LogP contribution in [0, 0.1) is 13.8 Å². The molecule has 4 rings (SSSR count).